The molecule has 0 unspecified atom stereocenters. The first-order valence-corrected chi connectivity index (χ1v) is 6.19. The number of aliphatic carboxylic acids is 1. The van der Waals surface area contributed by atoms with Crippen LogP contribution in [0, 0.1) is 10.1 Å². The highest BCUT2D eigenvalue weighted by atomic mass is 16.6. The third kappa shape index (κ3) is 2.87. The maximum atomic E-state index is 12.2. The lowest BCUT2D eigenvalue weighted by Crippen LogP contribution is -2.63. The van der Waals surface area contributed by atoms with Gasteiger partial charge in [0, 0.05) is 6.07 Å². The molecule has 9 nitrogen and oxygen atoms in total. The van der Waals surface area contributed by atoms with Gasteiger partial charge in [0.15, 0.2) is 5.69 Å². The first-order chi connectivity index (χ1) is 9.73. The van der Waals surface area contributed by atoms with Crippen molar-refractivity contribution in [3.8, 4) is 0 Å². The number of carboxylic acids is 1. The predicted octanol–water partition coefficient (Wildman–Crippen LogP) is 0.249. The van der Waals surface area contributed by atoms with E-state index in [-0.39, 0.29) is 30.5 Å². The van der Waals surface area contributed by atoms with E-state index in [9.17, 15) is 19.7 Å². The third-order valence-electron chi connectivity index (χ3n) is 3.38. The van der Waals surface area contributed by atoms with Crippen LogP contribution in [0.3, 0.4) is 0 Å². The van der Waals surface area contributed by atoms with Crippen molar-refractivity contribution >= 4 is 17.7 Å². The molecular formula is C12H15N3O6. The Hall–Kier alpha value is -2.42. The lowest BCUT2D eigenvalue weighted by Gasteiger charge is -2.46. The van der Waals surface area contributed by atoms with Gasteiger partial charge in [-0.3, -0.25) is 4.79 Å². The summed E-state index contributed by atoms with van der Waals surface area (Å²) in [4.78, 5) is 34.3. The molecule has 2 heterocycles. The fourth-order valence-electron chi connectivity index (χ4n) is 2.29. The number of rotatable bonds is 5. The topological polar surface area (TPSA) is 115 Å². The molecule has 0 aliphatic carbocycles. The van der Waals surface area contributed by atoms with E-state index in [4.69, 9.17) is 9.84 Å². The Bertz CT molecular complexity index is 602. The van der Waals surface area contributed by atoms with Crippen LogP contribution in [0.15, 0.2) is 12.1 Å². The Morgan fingerprint density at radius 3 is 2.57 bits per heavy atom. The van der Waals surface area contributed by atoms with Gasteiger partial charge in [-0.15, -0.1) is 0 Å². The Morgan fingerprint density at radius 2 is 2.10 bits per heavy atom. The molecule has 0 bridgehead atoms. The number of hydrogen-bond acceptors (Lipinski definition) is 5. The highest BCUT2D eigenvalue weighted by molar-refractivity contribution is 5.94. The number of nitro groups is 1. The molecule has 1 N–H and O–H groups in total. The summed E-state index contributed by atoms with van der Waals surface area (Å²) in [7, 11) is 1.45. The van der Waals surface area contributed by atoms with Crippen LogP contribution in [-0.2, 0) is 16.6 Å². The highest BCUT2D eigenvalue weighted by Gasteiger charge is 2.44. The van der Waals surface area contributed by atoms with Gasteiger partial charge >= 0.3 is 11.8 Å². The van der Waals surface area contributed by atoms with E-state index in [0.717, 1.165) is 0 Å². The zero-order valence-corrected chi connectivity index (χ0v) is 11.6. The molecule has 21 heavy (non-hydrogen) atoms. The summed E-state index contributed by atoms with van der Waals surface area (Å²) < 4.78 is 6.43. The molecule has 114 valence electrons. The van der Waals surface area contributed by atoms with Gasteiger partial charge in [0.2, 0.25) is 0 Å². The number of ether oxygens (including phenoxy) is 1. The van der Waals surface area contributed by atoms with Crippen LogP contribution in [-0.4, -0.2) is 56.7 Å². The molecule has 2 rings (SSSR count). The number of carbonyl (C=O) groups excluding carboxylic acids is 1. The summed E-state index contributed by atoms with van der Waals surface area (Å²) in [6.07, 6.45) is 0. The number of amides is 1. The summed E-state index contributed by atoms with van der Waals surface area (Å²) in [6, 6.07) is 2.67. The van der Waals surface area contributed by atoms with E-state index in [1.165, 1.54) is 28.6 Å². The minimum Gasteiger partial charge on any atom is -0.480 e. The second kappa shape index (κ2) is 5.17. The van der Waals surface area contributed by atoms with Gasteiger partial charge in [0.25, 0.3) is 5.91 Å². The number of hydrogen-bond donors (Lipinski definition) is 1. The fourth-order valence-corrected chi connectivity index (χ4v) is 2.29. The quantitative estimate of drug-likeness (QED) is 0.615. The molecular weight excluding hydrogens is 282 g/mol. The zero-order chi connectivity index (χ0) is 15.8. The second-order valence-corrected chi connectivity index (χ2v) is 5.19. The Balaban J connectivity index is 2.01. The predicted molar refractivity (Wildman–Crippen MR) is 70.0 cm³/mol. The average molecular weight is 297 g/mol. The summed E-state index contributed by atoms with van der Waals surface area (Å²) >= 11 is 0. The van der Waals surface area contributed by atoms with E-state index in [0.29, 0.717) is 0 Å². The molecule has 1 aromatic rings. The van der Waals surface area contributed by atoms with Gasteiger partial charge in [0.1, 0.15) is 12.2 Å². The van der Waals surface area contributed by atoms with Crippen molar-refractivity contribution in [2.24, 2.45) is 7.05 Å². The van der Waals surface area contributed by atoms with Gasteiger partial charge in [-0.05, 0) is 17.9 Å². The largest absolute Gasteiger partial charge is 0.480 e. The number of carbonyl (C=O) groups is 2. The molecule has 0 radical (unpaired) electrons. The van der Waals surface area contributed by atoms with Gasteiger partial charge in [-0.1, -0.05) is 0 Å². The summed E-state index contributed by atoms with van der Waals surface area (Å²) in [6.45, 7) is 1.79. The monoisotopic (exact) mass is 297 g/mol. The van der Waals surface area contributed by atoms with Crippen molar-refractivity contribution in [1.82, 2.24) is 9.47 Å². The van der Waals surface area contributed by atoms with Crippen molar-refractivity contribution in [1.29, 1.82) is 0 Å². The molecule has 0 atom stereocenters. The molecule has 1 fully saturated rings. The summed E-state index contributed by atoms with van der Waals surface area (Å²) in [5, 5.41) is 19.3. The molecule has 9 heteroatoms. The van der Waals surface area contributed by atoms with E-state index in [1.54, 1.807) is 6.92 Å². The smallest absolute Gasteiger partial charge is 0.329 e. The Kier molecular flexibility index (Phi) is 3.69. The SMILES string of the molecule is Cn1c(C(=O)N2CC(C)(OCC(=O)O)C2)ccc1[N+](=O)[O-]. The molecule has 1 amide bonds. The van der Waals surface area contributed by atoms with Crippen LogP contribution >= 0.6 is 0 Å². The van der Waals surface area contributed by atoms with Gasteiger partial charge in [-0.2, -0.15) is 0 Å². The van der Waals surface area contributed by atoms with Crippen molar-refractivity contribution in [2.75, 3.05) is 19.7 Å². The fraction of sp³-hybridized carbons (Fsp3) is 0.500. The van der Waals surface area contributed by atoms with Crippen molar-refractivity contribution in [3.05, 3.63) is 27.9 Å². The number of likely N-dealkylation sites (tertiary alicyclic amines) is 1. The lowest BCUT2D eigenvalue weighted by molar-refractivity contribution is -0.391. The number of nitrogens with zero attached hydrogens (tertiary/aromatic N) is 3. The van der Waals surface area contributed by atoms with Crippen LogP contribution in [0.25, 0.3) is 0 Å². The van der Waals surface area contributed by atoms with Crippen LogP contribution in [0.5, 0.6) is 0 Å². The number of aromatic nitrogens is 1. The van der Waals surface area contributed by atoms with Crippen molar-refractivity contribution in [3.63, 3.8) is 0 Å². The van der Waals surface area contributed by atoms with E-state index in [1.807, 2.05) is 0 Å². The van der Waals surface area contributed by atoms with Gasteiger partial charge < -0.3 is 24.9 Å². The van der Waals surface area contributed by atoms with Crippen LogP contribution in [0.1, 0.15) is 17.4 Å². The maximum Gasteiger partial charge on any atom is 0.329 e. The zero-order valence-electron chi connectivity index (χ0n) is 11.6. The van der Waals surface area contributed by atoms with Crippen LogP contribution in [0.2, 0.25) is 0 Å². The lowest BCUT2D eigenvalue weighted by atomic mass is 9.96. The van der Waals surface area contributed by atoms with Crippen LogP contribution in [0.4, 0.5) is 5.82 Å². The normalized spacial score (nSPS) is 16.4. The molecule has 1 aliphatic heterocycles. The molecule has 0 aromatic carbocycles. The van der Waals surface area contributed by atoms with Gasteiger partial charge in [0.05, 0.1) is 20.1 Å². The summed E-state index contributed by atoms with van der Waals surface area (Å²) in [5.41, 5.74) is -0.479. The standard InChI is InChI=1S/C12H15N3O6/c1-12(21-5-10(16)17)6-14(7-12)11(18)8-3-4-9(13(8)2)15(19)20/h3-4H,5-7H2,1-2H3,(H,16,17). The molecule has 1 aromatic heterocycles. The minimum absolute atomic E-state index is 0.163. The van der Waals surface area contributed by atoms with Crippen LogP contribution < -0.4 is 0 Å². The van der Waals surface area contributed by atoms with E-state index >= 15 is 0 Å². The van der Waals surface area contributed by atoms with E-state index < -0.39 is 23.1 Å². The molecule has 0 spiro atoms. The first-order valence-electron chi connectivity index (χ1n) is 6.19. The van der Waals surface area contributed by atoms with Crippen molar-refractivity contribution in [2.45, 2.75) is 12.5 Å². The second-order valence-electron chi connectivity index (χ2n) is 5.19. The average Bonchev–Trinajstić information content (AvgIpc) is 2.74. The van der Waals surface area contributed by atoms with E-state index in [2.05, 4.69) is 0 Å². The highest BCUT2D eigenvalue weighted by Crippen LogP contribution is 2.27. The van der Waals surface area contributed by atoms with Gasteiger partial charge in [-0.25, -0.2) is 9.36 Å². The number of carboxylic acid groups (broad SMARTS) is 1. The summed E-state index contributed by atoms with van der Waals surface area (Å²) in [5.74, 6) is -1.58. The molecule has 0 saturated carbocycles. The first kappa shape index (κ1) is 15.0. The van der Waals surface area contributed by atoms with Crippen molar-refractivity contribution < 1.29 is 24.4 Å². The third-order valence-corrected chi connectivity index (χ3v) is 3.38. The minimum atomic E-state index is -1.07. The molecule has 1 aliphatic rings. The Morgan fingerprint density at radius 1 is 1.48 bits per heavy atom. The Labute approximate surface area is 119 Å². The molecule has 1 saturated heterocycles. The maximum absolute atomic E-state index is 12.2.